The van der Waals surface area contributed by atoms with Crippen LogP contribution in [0.3, 0.4) is 0 Å². The first kappa shape index (κ1) is 27.3. The number of aromatic nitrogens is 3. The van der Waals surface area contributed by atoms with Gasteiger partial charge in [0.2, 0.25) is 5.91 Å². The molecular formula is C26H25F6N7O2. The second-order valence-corrected chi connectivity index (χ2v) is 10.9. The van der Waals surface area contributed by atoms with E-state index in [1.54, 1.807) is 6.07 Å². The Kier molecular flexibility index (Phi) is 6.21. The van der Waals surface area contributed by atoms with E-state index >= 15 is 4.39 Å². The lowest BCUT2D eigenvalue weighted by Crippen LogP contribution is -2.55. The number of fused-ring (bicyclic) bond motifs is 1. The average molecular weight is 582 g/mol. The summed E-state index contributed by atoms with van der Waals surface area (Å²) in [5.74, 6) is -9.71. The van der Waals surface area contributed by atoms with Gasteiger partial charge in [0.15, 0.2) is 5.82 Å². The molecule has 4 heterocycles. The minimum atomic E-state index is -3.10. The molecule has 41 heavy (non-hydrogen) atoms. The number of halogens is 6. The van der Waals surface area contributed by atoms with Crippen LogP contribution in [0.5, 0.6) is 0 Å². The fourth-order valence-electron chi connectivity index (χ4n) is 5.52. The quantitative estimate of drug-likeness (QED) is 0.434. The van der Waals surface area contributed by atoms with E-state index < -0.39 is 73.7 Å². The molecule has 2 amide bonds. The highest BCUT2D eigenvalue weighted by atomic mass is 19.3. The van der Waals surface area contributed by atoms with Crippen molar-refractivity contribution in [1.82, 2.24) is 29.7 Å². The molecule has 6 rings (SSSR count). The Morgan fingerprint density at radius 3 is 2.51 bits per heavy atom. The van der Waals surface area contributed by atoms with Gasteiger partial charge in [0, 0.05) is 30.6 Å². The topological polar surface area (TPSA) is 109 Å². The lowest BCUT2D eigenvalue weighted by atomic mass is 10.0. The molecule has 1 aromatic carbocycles. The first-order valence-corrected chi connectivity index (χ1v) is 12.9. The molecule has 218 valence electrons. The molecule has 1 unspecified atom stereocenters. The van der Waals surface area contributed by atoms with Crippen LogP contribution in [0.15, 0.2) is 24.5 Å². The van der Waals surface area contributed by atoms with Gasteiger partial charge >= 0.3 is 0 Å². The van der Waals surface area contributed by atoms with E-state index in [0.717, 1.165) is 4.90 Å². The van der Waals surface area contributed by atoms with Gasteiger partial charge in [-0.1, -0.05) is 0 Å². The number of rotatable bonds is 6. The van der Waals surface area contributed by atoms with E-state index in [0.29, 0.717) is 16.8 Å². The van der Waals surface area contributed by atoms with Crippen molar-refractivity contribution < 1.29 is 35.9 Å². The fraction of sp³-hybridized carbons (Fsp3) is 0.462. The van der Waals surface area contributed by atoms with Gasteiger partial charge < -0.3 is 16.0 Å². The van der Waals surface area contributed by atoms with E-state index in [1.807, 2.05) is 0 Å². The van der Waals surface area contributed by atoms with Gasteiger partial charge in [-0.25, -0.2) is 35.8 Å². The zero-order valence-electron chi connectivity index (χ0n) is 21.7. The molecule has 1 saturated carbocycles. The maximum absolute atomic E-state index is 15.1. The summed E-state index contributed by atoms with van der Waals surface area (Å²) in [6, 6.07) is 2.99. The molecule has 3 N–H and O–H groups in total. The Morgan fingerprint density at radius 2 is 1.85 bits per heavy atom. The lowest BCUT2D eigenvalue weighted by molar-refractivity contribution is -0.134. The molecule has 3 aliphatic rings. The molecule has 2 saturated heterocycles. The highest BCUT2D eigenvalue weighted by Gasteiger charge is 2.63. The van der Waals surface area contributed by atoms with Gasteiger partial charge in [-0.2, -0.15) is 5.10 Å². The van der Waals surface area contributed by atoms with Gasteiger partial charge in [-0.15, -0.1) is 0 Å². The summed E-state index contributed by atoms with van der Waals surface area (Å²) >= 11 is 0. The molecule has 0 bridgehead atoms. The summed E-state index contributed by atoms with van der Waals surface area (Å²) in [6.45, 7) is -0.115. The van der Waals surface area contributed by atoms with Crippen LogP contribution < -0.4 is 11.1 Å². The number of nitrogens with one attached hydrogen (secondary N) is 1. The predicted molar refractivity (Wildman–Crippen MR) is 134 cm³/mol. The number of nitrogens with zero attached hydrogens (tertiary/aromatic N) is 5. The average Bonchev–Trinajstić information content (AvgIpc) is 3.16. The Hall–Kier alpha value is -3.88. The van der Waals surface area contributed by atoms with Crippen molar-refractivity contribution >= 4 is 23.1 Å². The van der Waals surface area contributed by atoms with Crippen LogP contribution in [0.25, 0.3) is 16.8 Å². The summed E-state index contributed by atoms with van der Waals surface area (Å²) in [6.07, 6.45) is -1.11. The smallest absolute Gasteiger partial charge is 0.272 e. The molecule has 0 spiro atoms. The molecule has 1 aliphatic carbocycles. The Bertz CT molecular complexity index is 1570. The summed E-state index contributed by atoms with van der Waals surface area (Å²) in [5, 5.41) is 6.65. The van der Waals surface area contributed by atoms with Gasteiger partial charge in [0.1, 0.15) is 29.8 Å². The summed E-state index contributed by atoms with van der Waals surface area (Å²) in [7, 11) is 0. The number of hydrogen-bond acceptors (Lipinski definition) is 6. The number of nitrogens with two attached hydrogens (primary N) is 1. The zero-order valence-corrected chi connectivity index (χ0v) is 21.7. The highest BCUT2D eigenvalue weighted by molar-refractivity contribution is 5.97. The van der Waals surface area contributed by atoms with Crippen LogP contribution >= 0.6 is 0 Å². The van der Waals surface area contributed by atoms with E-state index in [9.17, 15) is 31.5 Å². The molecule has 15 heteroatoms. The van der Waals surface area contributed by atoms with Crippen LogP contribution in [-0.2, 0) is 11.3 Å². The normalized spacial score (nSPS) is 24.9. The Morgan fingerprint density at radius 1 is 1.15 bits per heavy atom. The highest BCUT2D eigenvalue weighted by Crippen LogP contribution is 2.49. The molecular weight excluding hydrogens is 556 g/mol. The van der Waals surface area contributed by atoms with Gasteiger partial charge in [0.05, 0.1) is 31.4 Å². The molecule has 0 radical (unpaired) electrons. The number of carbonyl (C=O) groups is 2. The minimum absolute atomic E-state index is 0.0248. The molecule has 3 atom stereocenters. The standard InChI is InChI=1S/C26H25F6N7O2/c1-12-15(23(40)36-19-8-38(7-18(19)28)24(41)16-5-26(16,31)32)2-13(3-17(12)27)20-4-14(6-37-9-25(29,30)10-37)21-22(33)34-11-35-39(20)21/h2-4,11,16,18-19H,5-10H2,1H3,(H,36,40)(H2,33,34,35)/t16?,18-,19+/m0/s1. The largest absolute Gasteiger partial charge is 0.382 e. The molecule has 2 aromatic heterocycles. The maximum atomic E-state index is 15.1. The molecule has 3 aromatic rings. The first-order valence-electron chi connectivity index (χ1n) is 12.9. The third-order valence-corrected chi connectivity index (χ3v) is 7.85. The Labute approximate surface area is 229 Å². The number of hydrogen-bond donors (Lipinski definition) is 2. The third-order valence-electron chi connectivity index (χ3n) is 7.85. The van der Waals surface area contributed by atoms with Gasteiger partial charge in [-0.3, -0.25) is 14.5 Å². The number of anilines is 1. The van der Waals surface area contributed by atoms with E-state index in [4.69, 9.17) is 5.73 Å². The van der Waals surface area contributed by atoms with Crippen molar-refractivity contribution in [3.8, 4) is 11.3 Å². The monoisotopic (exact) mass is 581 g/mol. The van der Waals surface area contributed by atoms with Gasteiger partial charge in [-0.05, 0) is 36.2 Å². The lowest BCUT2D eigenvalue weighted by Gasteiger charge is -2.38. The second kappa shape index (κ2) is 9.33. The van der Waals surface area contributed by atoms with E-state index in [2.05, 4.69) is 15.4 Å². The fourth-order valence-corrected chi connectivity index (χ4v) is 5.52. The summed E-state index contributed by atoms with van der Waals surface area (Å²) < 4.78 is 84.7. The number of likely N-dealkylation sites (tertiary alicyclic amines) is 2. The zero-order chi connectivity index (χ0) is 29.4. The van der Waals surface area contributed by atoms with Crippen molar-refractivity contribution in [3.05, 3.63) is 47.0 Å². The van der Waals surface area contributed by atoms with E-state index in [-0.39, 0.29) is 35.6 Å². The molecule has 9 nitrogen and oxygen atoms in total. The van der Waals surface area contributed by atoms with E-state index in [1.165, 1.54) is 34.8 Å². The number of alkyl halides is 5. The van der Waals surface area contributed by atoms with Crippen molar-refractivity contribution in [2.45, 2.75) is 43.9 Å². The van der Waals surface area contributed by atoms with Crippen LogP contribution in [0.4, 0.5) is 32.2 Å². The number of carbonyl (C=O) groups excluding carboxylic acids is 2. The molecule has 2 aliphatic heterocycles. The first-order chi connectivity index (χ1) is 19.2. The van der Waals surface area contributed by atoms with Crippen LogP contribution in [0, 0.1) is 18.7 Å². The number of nitrogen functional groups attached to an aromatic ring is 1. The van der Waals surface area contributed by atoms with Crippen molar-refractivity contribution in [2.24, 2.45) is 5.92 Å². The third kappa shape index (κ3) is 4.85. The molecule has 3 fully saturated rings. The number of benzene rings is 1. The van der Waals surface area contributed by atoms with Crippen LogP contribution in [0.1, 0.15) is 27.9 Å². The minimum Gasteiger partial charge on any atom is -0.382 e. The Balaban J connectivity index is 1.27. The van der Waals surface area contributed by atoms with Crippen molar-refractivity contribution in [3.63, 3.8) is 0 Å². The van der Waals surface area contributed by atoms with Crippen molar-refractivity contribution in [2.75, 3.05) is 31.9 Å². The van der Waals surface area contributed by atoms with Crippen molar-refractivity contribution in [1.29, 1.82) is 0 Å². The summed E-state index contributed by atoms with van der Waals surface area (Å²) in [5.41, 5.74) is 7.32. The predicted octanol–water partition coefficient (Wildman–Crippen LogP) is 2.81. The number of amides is 2. The van der Waals surface area contributed by atoms with Crippen LogP contribution in [0.2, 0.25) is 0 Å². The SMILES string of the molecule is Cc1c(F)cc(-c2cc(CN3CC(F)(F)C3)c3c(N)ncnn23)cc1C(=O)N[C@@H]1CN(C(=O)C2CC2(F)F)C[C@@H]1F. The second-order valence-electron chi connectivity index (χ2n) is 10.9. The van der Waals surface area contributed by atoms with Crippen LogP contribution in [-0.4, -0.2) is 86.4 Å². The van der Waals surface area contributed by atoms with Gasteiger partial charge in [0.25, 0.3) is 17.8 Å². The maximum Gasteiger partial charge on any atom is 0.272 e. The summed E-state index contributed by atoms with van der Waals surface area (Å²) in [4.78, 5) is 31.9.